The van der Waals surface area contributed by atoms with Crippen LogP contribution in [0.1, 0.15) is 38.0 Å². The Kier molecular flexibility index (Phi) is 7.55. The number of aryl methyl sites for hydroxylation is 1. The quantitative estimate of drug-likeness (QED) is 0.517. The lowest BCUT2D eigenvalue weighted by Crippen LogP contribution is -2.24. The summed E-state index contributed by atoms with van der Waals surface area (Å²) in [4.78, 5) is 31.0. The summed E-state index contributed by atoms with van der Waals surface area (Å²) in [5, 5.41) is 6.74. The lowest BCUT2D eigenvalue weighted by Gasteiger charge is -2.04. The Morgan fingerprint density at radius 2 is 1.96 bits per heavy atom. The summed E-state index contributed by atoms with van der Waals surface area (Å²) in [5.41, 5.74) is 0.821. The van der Waals surface area contributed by atoms with Gasteiger partial charge in [-0.05, 0) is 25.0 Å². The number of esters is 1. The van der Waals surface area contributed by atoms with Gasteiger partial charge in [0.05, 0.1) is 7.11 Å². The molecule has 2 heterocycles. The molecule has 1 amide bonds. The molecule has 0 unspecified atom stereocenters. The van der Waals surface area contributed by atoms with Crippen LogP contribution in [0.5, 0.6) is 0 Å². The van der Waals surface area contributed by atoms with Gasteiger partial charge in [-0.1, -0.05) is 11.6 Å². The molecule has 0 radical (unpaired) electrons. The van der Waals surface area contributed by atoms with E-state index in [4.69, 9.17) is 4.52 Å². The van der Waals surface area contributed by atoms with E-state index in [0.29, 0.717) is 37.5 Å². The Bertz CT molecular complexity index is 672. The van der Waals surface area contributed by atoms with Gasteiger partial charge in [0, 0.05) is 43.8 Å². The van der Waals surface area contributed by atoms with Crippen molar-refractivity contribution in [1.82, 2.24) is 20.4 Å². The Morgan fingerprint density at radius 3 is 2.72 bits per heavy atom. The van der Waals surface area contributed by atoms with E-state index in [9.17, 15) is 9.59 Å². The van der Waals surface area contributed by atoms with Gasteiger partial charge in [0.15, 0.2) is 0 Å². The minimum absolute atomic E-state index is 0.0587. The van der Waals surface area contributed by atoms with Crippen molar-refractivity contribution in [2.45, 2.75) is 38.5 Å². The summed E-state index contributed by atoms with van der Waals surface area (Å²) in [6, 6.07) is 3.59. The predicted octanol–water partition coefficient (Wildman–Crippen LogP) is 1.91. The van der Waals surface area contributed by atoms with Crippen molar-refractivity contribution in [1.29, 1.82) is 0 Å². The second kappa shape index (κ2) is 10.2. The summed E-state index contributed by atoms with van der Waals surface area (Å²) in [6.07, 6.45) is 6.88. The van der Waals surface area contributed by atoms with Crippen LogP contribution >= 0.6 is 0 Å². The van der Waals surface area contributed by atoms with Crippen LogP contribution < -0.4 is 5.32 Å². The van der Waals surface area contributed by atoms with Crippen LogP contribution in [0.3, 0.4) is 0 Å². The Labute approximate surface area is 146 Å². The Balaban J connectivity index is 1.61. The molecule has 0 fully saturated rings. The first-order valence-corrected chi connectivity index (χ1v) is 8.25. The van der Waals surface area contributed by atoms with Crippen LogP contribution in [0.25, 0.3) is 11.4 Å². The number of carbonyl (C=O) groups excluding carboxylic acids is 2. The van der Waals surface area contributed by atoms with E-state index in [-0.39, 0.29) is 11.9 Å². The molecule has 25 heavy (non-hydrogen) atoms. The molecule has 0 spiro atoms. The molecule has 0 aliphatic carbocycles. The Morgan fingerprint density at radius 1 is 1.16 bits per heavy atom. The zero-order valence-electron chi connectivity index (χ0n) is 14.2. The highest BCUT2D eigenvalue weighted by Crippen LogP contribution is 2.14. The monoisotopic (exact) mass is 346 g/mol. The largest absolute Gasteiger partial charge is 0.469 e. The SMILES string of the molecule is COC(=O)CCCCCNC(=O)CCc1nc(-c2ccncc2)no1. The van der Waals surface area contributed by atoms with Crippen molar-refractivity contribution in [2.24, 2.45) is 0 Å². The van der Waals surface area contributed by atoms with E-state index >= 15 is 0 Å². The van der Waals surface area contributed by atoms with Crippen LogP contribution in [0.15, 0.2) is 29.0 Å². The molecule has 1 N–H and O–H groups in total. The summed E-state index contributed by atoms with van der Waals surface area (Å²) in [6.45, 7) is 0.589. The summed E-state index contributed by atoms with van der Waals surface area (Å²) < 4.78 is 9.72. The molecule has 2 aromatic heterocycles. The van der Waals surface area contributed by atoms with E-state index < -0.39 is 0 Å². The fourth-order valence-electron chi connectivity index (χ4n) is 2.18. The van der Waals surface area contributed by atoms with Gasteiger partial charge in [0.25, 0.3) is 0 Å². The first kappa shape index (κ1) is 18.6. The average molecular weight is 346 g/mol. The van der Waals surface area contributed by atoms with Crippen LogP contribution in [0.2, 0.25) is 0 Å². The van der Waals surface area contributed by atoms with E-state index in [1.807, 2.05) is 0 Å². The van der Waals surface area contributed by atoms with Crippen molar-refractivity contribution in [2.75, 3.05) is 13.7 Å². The number of hydrogen-bond acceptors (Lipinski definition) is 7. The van der Waals surface area contributed by atoms with Crippen LogP contribution in [-0.4, -0.2) is 40.7 Å². The standard InChI is InChI=1S/C17H22N4O4/c1-24-16(23)5-3-2-4-10-19-14(22)6-7-15-20-17(21-25-15)13-8-11-18-12-9-13/h8-9,11-12H,2-7,10H2,1H3,(H,19,22). The van der Waals surface area contributed by atoms with Crippen LogP contribution in [0.4, 0.5) is 0 Å². The van der Waals surface area contributed by atoms with E-state index in [0.717, 1.165) is 24.8 Å². The number of nitrogens with zero attached hydrogens (tertiary/aromatic N) is 3. The van der Waals surface area contributed by atoms with Crippen LogP contribution in [0, 0.1) is 0 Å². The number of hydrogen-bond donors (Lipinski definition) is 1. The molecule has 0 atom stereocenters. The fourth-order valence-corrected chi connectivity index (χ4v) is 2.18. The van der Waals surface area contributed by atoms with Crippen molar-refractivity contribution in [3.05, 3.63) is 30.4 Å². The second-order valence-electron chi connectivity index (χ2n) is 5.48. The highest BCUT2D eigenvalue weighted by molar-refractivity contribution is 5.76. The third kappa shape index (κ3) is 6.70. The smallest absolute Gasteiger partial charge is 0.305 e. The average Bonchev–Trinajstić information content (AvgIpc) is 3.12. The van der Waals surface area contributed by atoms with Crippen molar-refractivity contribution in [3.8, 4) is 11.4 Å². The summed E-state index contributed by atoms with van der Waals surface area (Å²) in [5.74, 6) is 0.662. The minimum atomic E-state index is -0.199. The second-order valence-corrected chi connectivity index (χ2v) is 5.48. The fraction of sp³-hybridized carbons (Fsp3) is 0.471. The number of amides is 1. The normalized spacial score (nSPS) is 10.4. The van der Waals surface area contributed by atoms with Crippen molar-refractivity contribution in [3.63, 3.8) is 0 Å². The summed E-state index contributed by atoms with van der Waals surface area (Å²) >= 11 is 0. The molecule has 0 aliphatic rings. The highest BCUT2D eigenvalue weighted by Gasteiger charge is 2.10. The first-order chi connectivity index (χ1) is 12.2. The van der Waals surface area contributed by atoms with Gasteiger partial charge in [0.2, 0.25) is 17.6 Å². The molecule has 2 rings (SSSR count). The molecule has 0 aliphatic heterocycles. The van der Waals surface area contributed by atoms with Gasteiger partial charge in [-0.25, -0.2) is 0 Å². The lowest BCUT2D eigenvalue weighted by molar-refractivity contribution is -0.140. The number of aromatic nitrogens is 3. The maximum atomic E-state index is 11.8. The van der Waals surface area contributed by atoms with E-state index in [1.165, 1.54) is 7.11 Å². The topological polar surface area (TPSA) is 107 Å². The number of pyridine rings is 1. The molecule has 0 saturated heterocycles. The molecule has 0 bridgehead atoms. The van der Waals surface area contributed by atoms with Gasteiger partial charge in [-0.3, -0.25) is 14.6 Å². The highest BCUT2D eigenvalue weighted by atomic mass is 16.5. The molecule has 8 nitrogen and oxygen atoms in total. The van der Waals surface area contributed by atoms with E-state index in [1.54, 1.807) is 24.5 Å². The minimum Gasteiger partial charge on any atom is -0.469 e. The number of methoxy groups -OCH3 is 1. The van der Waals surface area contributed by atoms with Gasteiger partial charge >= 0.3 is 5.97 Å². The molecule has 0 saturated carbocycles. The maximum absolute atomic E-state index is 11.8. The van der Waals surface area contributed by atoms with Gasteiger partial charge in [-0.15, -0.1) is 0 Å². The van der Waals surface area contributed by atoms with Gasteiger partial charge in [-0.2, -0.15) is 4.98 Å². The molecule has 8 heteroatoms. The molecular weight excluding hydrogens is 324 g/mol. The third-order valence-electron chi connectivity index (χ3n) is 3.58. The first-order valence-electron chi connectivity index (χ1n) is 8.25. The van der Waals surface area contributed by atoms with Crippen molar-refractivity contribution >= 4 is 11.9 Å². The van der Waals surface area contributed by atoms with E-state index in [2.05, 4.69) is 25.2 Å². The number of rotatable bonds is 10. The maximum Gasteiger partial charge on any atom is 0.305 e. The molecule has 134 valence electrons. The van der Waals surface area contributed by atoms with Crippen molar-refractivity contribution < 1.29 is 18.8 Å². The van der Waals surface area contributed by atoms with Crippen LogP contribution in [-0.2, 0) is 20.7 Å². The summed E-state index contributed by atoms with van der Waals surface area (Å²) in [7, 11) is 1.38. The van der Waals surface area contributed by atoms with Gasteiger partial charge < -0.3 is 14.6 Å². The number of nitrogens with one attached hydrogen (secondary N) is 1. The number of carbonyl (C=O) groups is 2. The zero-order valence-corrected chi connectivity index (χ0v) is 14.2. The Hall–Kier alpha value is -2.77. The lowest BCUT2D eigenvalue weighted by atomic mass is 10.2. The molecule has 0 aromatic carbocycles. The number of ether oxygens (including phenoxy) is 1. The predicted molar refractivity (Wildman–Crippen MR) is 89.3 cm³/mol. The van der Waals surface area contributed by atoms with Gasteiger partial charge in [0.1, 0.15) is 0 Å². The number of unbranched alkanes of at least 4 members (excludes halogenated alkanes) is 2. The third-order valence-corrected chi connectivity index (χ3v) is 3.58. The zero-order chi connectivity index (χ0) is 17.9. The molecule has 2 aromatic rings. The molecular formula is C17H22N4O4.